The lowest BCUT2D eigenvalue weighted by molar-refractivity contribution is -0.0824. The number of carbonyl (C=O) groups is 2. The molecule has 0 saturated carbocycles. The second kappa shape index (κ2) is 7.82. The van der Waals surface area contributed by atoms with Gasteiger partial charge < -0.3 is 20.3 Å². The Hall–Kier alpha value is -2.94. The van der Waals surface area contributed by atoms with E-state index in [1.807, 2.05) is 36.7 Å². The first-order valence-corrected chi connectivity index (χ1v) is 9.92. The van der Waals surface area contributed by atoms with Crippen LogP contribution in [0.4, 0.5) is 4.79 Å². The maximum Gasteiger partial charge on any atom is 0.317 e. The highest BCUT2D eigenvalue weighted by Gasteiger charge is 2.44. The smallest absolute Gasteiger partial charge is 0.317 e. The predicted octanol–water partition coefficient (Wildman–Crippen LogP) is 1.22. The van der Waals surface area contributed by atoms with Gasteiger partial charge in [-0.25, -0.2) is 9.48 Å². The summed E-state index contributed by atoms with van der Waals surface area (Å²) >= 11 is 0. The van der Waals surface area contributed by atoms with Gasteiger partial charge in [0, 0.05) is 18.7 Å². The second-order valence-corrected chi connectivity index (χ2v) is 7.67. The van der Waals surface area contributed by atoms with Crippen molar-refractivity contribution in [3.8, 4) is 0 Å². The van der Waals surface area contributed by atoms with E-state index in [9.17, 15) is 9.59 Å². The summed E-state index contributed by atoms with van der Waals surface area (Å²) in [6, 6.07) is 7.40. The van der Waals surface area contributed by atoms with Gasteiger partial charge in [-0.05, 0) is 32.4 Å². The molecule has 0 radical (unpaired) electrons. The van der Waals surface area contributed by atoms with Crippen molar-refractivity contribution in [1.82, 2.24) is 30.5 Å². The van der Waals surface area contributed by atoms with Crippen molar-refractivity contribution in [2.75, 3.05) is 19.6 Å². The molecule has 2 aliphatic heterocycles. The Morgan fingerprint density at radius 3 is 2.93 bits per heavy atom. The molecule has 2 N–H and O–H groups in total. The number of hydrogen-bond donors (Lipinski definition) is 2. The average molecular weight is 398 g/mol. The zero-order chi connectivity index (χ0) is 20.4. The van der Waals surface area contributed by atoms with E-state index in [0.717, 1.165) is 17.7 Å². The molecule has 1 aromatic heterocycles. The molecule has 1 fully saturated rings. The number of benzene rings is 1. The maximum atomic E-state index is 12.4. The molecular weight excluding hydrogens is 372 g/mol. The first-order chi connectivity index (χ1) is 14.0. The van der Waals surface area contributed by atoms with Crippen LogP contribution in [0.2, 0.25) is 0 Å². The van der Waals surface area contributed by atoms with Gasteiger partial charge in [0.15, 0.2) is 0 Å². The Bertz CT molecular complexity index is 927. The molecule has 0 aliphatic carbocycles. The van der Waals surface area contributed by atoms with E-state index in [2.05, 4.69) is 20.9 Å². The number of nitrogens with zero attached hydrogens (tertiary/aromatic N) is 4. The molecule has 4 rings (SSSR count). The molecule has 1 saturated heterocycles. The fraction of sp³-hybridized carbons (Fsp3) is 0.500. The topological polar surface area (TPSA) is 101 Å². The number of likely N-dealkylation sites (tertiary alicyclic amines) is 1. The Morgan fingerprint density at radius 2 is 2.14 bits per heavy atom. The van der Waals surface area contributed by atoms with Gasteiger partial charge in [0.25, 0.3) is 5.91 Å². The van der Waals surface area contributed by atoms with Gasteiger partial charge >= 0.3 is 6.03 Å². The van der Waals surface area contributed by atoms with Gasteiger partial charge in [-0.15, -0.1) is 5.10 Å². The van der Waals surface area contributed by atoms with E-state index in [4.69, 9.17) is 4.74 Å². The van der Waals surface area contributed by atoms with Crippen LogP contribution in [0.3, 0.4) is 0 Å². The van der Waals surface area contributed by atoms with Gasteiger partial charge in [-0.1, -0.05) is 22.9 Å². The highest BCUT2D eigenvalue weighted by Crippen LogP contribution is 2.32. The summed E-state index contributed by atoms with van der Waals surface area (Å²) in [7, 11) is 0. The van der Waals surface area contributed by atoms with Crippen LogP contribution < -0.4 is 10.6 Å². The first-order valence-electron chi connectivity index (χ1n) is 9.92. The van der Waals surface area contributed by atoms with E-state index in [1.54, 1.807) is 11.0 Å². The zero-order valence-electron chi connectivity index (χ0n) is 16.8. The van der Waals surface area contributed by atoms with Crippen LogP contribution in [0, 0.1) is 6.92 Å². The Balaban J connectivity index is 1.39. The number of aryl methyl sites for hydroxylation is 1. The van der Waals surface area contributed by atoms with Gasteiger partial charge in [0.2, 0.25) is 0 Å². The van der Waals surface area contributed by atoms with E-state index >= 15 is 0 Å². The van der Waals surface area contributed by atoms with Gasteiger partial charge in [0.1, 0.15) is 11.3 Å². The van der Waals surface area contributed by atoms with Gasteiger partial charge in [-0.3, -0.25) is 4.79 Å². The van der Waals surface area contributed by atoms with Crippen LogP contribution in [0.15, 0.2) is 24.3 Å². The molecule has 1 atom stereocenters. The lowest BCUT2D eigenvalue weighted by Gasteiger charge is -2.33. The molecule has 9 nitrogen and oxygen atoms in total. The SMILES string of the molecule is CCNC(=O)N1CCC2(C1)Cn1nnc(CNC(=O)c3cccc(C)c3)c1CO2. The average Bonchev–Trinajstić information content (AvgIpc) is 3.30. The zero-order valence-corrected chi connectivity index (χ0v) is 16.8. The van der Waals surface area contributed by atoms with E-state index in [1.165, 1.54) is 0 Å². The van der Waals surface area contributed by atoms with Crippen LogP contribution in [0.1, 0.15) is 40.7 Å². The quantitative estimate of drug-likeness (QED) is 0.806. The van der Waals surface area contributed by atoms with Crippen molar-refractivity contribution in [3.63, 3.8) is 0 Å². The molecule has 3 amide bonds. The Morgan fingerprint density at radius 1 is 1.28 bits per heavy atom. The van der Waals surface area contributed by atoms with Crippen molar-refractivity contribution in [2.45, 2.75) is 45.6 Å². The van der Waals surface area contributed by atoms with Gasteiger partial charge in [-0.2, -0.15) is 0 Å². The summed E-state index contributed by atoms with van der Waals surface area (Å²) in [6.45, 7) is 6.88. The van der Waals surface area contributed by atoms with Crippen LogP contribution in [-0.2, 0) is 24.4 Å². The Labute approximate surface area is 169 Å². The summed E-state index contributed by atoms with van der Waals surface area (Å²) in [5, 5.41) is 14.2. The summed E-state index contributed by atoms with van der Waals surface area (Å²) in [6.07, 6.45) is 0.767. The maximum absolute atomic E-state index is 12.4. The molecule has 2 aliphatic rings. The van der Waals surface area contributed by atoms with E-state index in [0.29, 0.717) is 50.6 Å². The standard InChI is InChI=1S/C20H26N6O3/c1-3-21-19(28)25-8-7-20(12-25)13-26-17(11-29-20)16(23-24-26)10-22-18(27)15-6-4-5-14(2)9-15/h4-6,9H,3,7-8,10-13H2,1-2H3,(H,21,28)(H,22,27). The highest BCUT2D eigenvalue weighted by molar-refractivity contribution is 5.94. The summed E-state index contributed by atoms with van der Waals surface area (Å²) in [5.41, 5.74) is 2.82. The fourth-order valence-electron chi connectivity index (χ4n) is 3.91. The number of fused-ring (bicyclic) bond motifs is 1. The molecule has 29 heavy (non-hydrogen) atoms. The third-order valence-corrected chi connectivity index (χ3v) is 5.50. The number of rotatable bonds is 4. The van der Waals surface area contributed by atoms with Crippen LogP contribution in [0.5, 0.6) is 0 Å². The molecule has 1 spiro atoms. The van der Waals surface area contributed by atoms with Crippen molar-refractivity contribution in [1.29, 1.82) is 0 Å². The number of carbonyl (C=O) groups excluding carboxylic acids is 2. The van der Waals surface area contributed by atoms with Crippen molar-refractivity contribution in [3.05, 3.63) is 46.8 Å². The van der Waals surface area contributed by atoms with Crippen molar-refractivity contribution >= 4 is 11.9 Å². The fourth-order valence-corrected chi connectivity index (χ4v) is 3.91. The third kappa shape index (κ3) is 3.95. The minimum atomic E-state index is -0.423. The van der Waals surface area contributed by atoms with E-state index < -0.39 is 5.60 Å². The number of ether oxygens (including phenoxy) is 1. The number of urea groups is 1. The second-order valence-electron chi connectivity index (χ2n) is 7.67. The molecule has 9 heteroatoms. The number of hydrogen-bond acceptors (Lipinski definition) is 5. The Kier molecular flexibility index (Phi) is 5.23. The lowest BCUT2D eigenvalue weighted by Crippen LogP contribution is -2.47. The summed E-state index contributed by atoms with van der Waals surface area (Å²) < 4.78 is 8.03. The number of amides is 3. The van der Waals surface area contributed by atoms with Crippen LogP contribution >= 0.6 is 0 Å². The number of nitrogens with one attached hydrogen (secondary N) is 2. The van der Waals surface area contributed by atoms with E-state index in [-0.39, 0.29) is 11.9 Å². The minimum absolute atomic E-state index is 0.0584. The minimum Gasteiger partial charge on any atom is -0.365 e. The first kappa shape index (κ1) is 19.4. The largest absolute Gasteiger partial charge is 0.365 e. The summed E-state index contributed by atoms with van der Waals surface area (Å²) in [4.78, 5) is 26.3. The predicted molar refractivity (Wildman–Crippen MR) is 105 cm³/mol. The van der Waals surface area contributed by atoms with Crippen LogP contribution in [0.25, 0.3) is 0 Å². The van der Waals surface area contributed by atoms with Crippen LogP contribution in [-0.4, -0.2) is 57.1 Å². The van der Waals surface area contributed by atoms with Crippen molar-refractivity contribution < 1.29 is 14.3 Å². The molecule has 1 aromatic carbocycles. The molecule has 1 unspecified atom stereocenters. The number of aromatic nitrogens is 3. The molecular formula is C20H26N6O3. The molecule has 3 heterocycles. The monoisotopic (exact) mass is 398 g/mol. The summed E-state index contributed by atoms with van der Waals surface area (Å²) in [5.74, 6) is -0.142. The van der Waals surface area contributed by atoms with Gasteiger partial charge in [0.05, 0.1) is 31.9 Å². The third-order valence-electron chi connectivity index (χ3n) is 5.50. The molecule has 154 valence electrons. The normalized spacial score (nSPS) is 20.6. The molecule has 0 bridgehead atoms. The molecule has 2 aromatic rings. The lowest BCUT2D eigenvalue weighted by atomic mass is 10.0. The highest BCUT2D eigenvalue weighted by atomic mass is 16.5. The van der Waals surface area contributed by atoms with Crippen molar-refractivity contribution in [2.24, 2.45) is 0 Å².